The number of aromatic hydroxyl groups is 1. The number of hydrogen-bond donors (Lipinski definition) is 2. The fourth-order valence-electron chi connectivity index (χ4n) is 1.55. The van der Waals surface area contributed by atoms with E-state index in [1.807, 2.05) is 19.1 Å². The number of phenols is 1. The van der Waals surface area contributed by atoms with Crippen LogP contribution in [-0.2, 0) is 16.0 Å². The third-order valence-corrected chi connectivity index (χ3v) is 2.41. The molecule has 0 fully saturated rings. The molecule has 0 heterocycles. The van der Waals surface area contributed by atoms with Crippen LogP contribution in [0, 0.1) is 0 Å². The summed E-state index contributed by atoms with van der Waals surface area (Å²) in [7, 11) is 3.22. The molecule has 16 heavy (non-hydrogen) atoms. The minimum absolute atomic E-state index is 0.0809. The van der Waals surface area contributed by atoms with Crippen molar-refractivity contribution in [1.29, 1.82) is 0 Å². The van der Waals surface area contributed by atoms with E-state index in [0.717, 1.165) is 5.56 Å². The summed E-state index contributed by atoms with van der Waals surface area (Å²) in [5.41, 5.74) is 1.03. The molecule has 0 radical (unpaired) electrons. The number of hydrogen-bond acceptors (Lipinski definition) is 4. The first-order chi connectivity index (χ1) is 7.67. The molecule has 0 aliphatic rings. The van der Waals surface area contributed by atoms with Crippen molar-refractivity contribution in [3.63, 3.8) is 0 Å². The Kier molecular flexibility index (Phi) is 5.25. The van der Waals surface area contributed by atoms with Gasteiger partial charge >= 0.3 is 0 Å². The molecular weight excluding hydrogens is 206 g/mol. The number of ether oxygens (including phenoxy) is 2. The zero-order valence-electron chi connectivity index (χ0n) is 9.93. The number of methoxy groups -OCH3 is 2. The highest BCUT2D eigenvalue weighted by molar-refractivity contribution is 5.26. The molecule has 1 aromatic rings. The predicted molar refractivity (Wildman–Crippen MR) is 62.2 cm³/mol. The van der Waals surface area contributed by atoms with Crippen molar-refractivity contribution in [3.8, 4) is 5.75 Å². The molecule has 2 N–H and O–H groups in total. The summed E-state index contributed by atoms with van der Waals surface area (Å²) in [6, 6.07) is 7.24. The van der Waals surface area contributed by atoms with Crippen LogP contribution in [0.3, 0.4) is 0 Å². The maximum absolute atomic E-state index is 9.30. The fourth-order valence-corrected chi connectivity index (χ4v) is 1.55. The molecule has 4 nitrogen and oxygen atoms in total. The van der Waals surface area contributed by atoms with Gasteiger partial charge in [0.1, 0.15) is 5.75 Å². The van der Waals surface area contributed by atoms with E-state index >= 15 is 0 Å². The second kappa shape index (κ2) is 6.48. The monoisotopic (exact) mass is 225 g/mol. The van der Waals surface area contributed by atoms with Crippen LogP contribution in [0.1, 0.15) is 12.5 Å². The van der Waals surface area contributed by atoms with Gasteiger partial charge in [0, 0.05) is 20.8 Å². The Morgan fingerprint density at radius 3 is 2.56 bits per heavy atom. The zero-order valence-corrected chi connectivity index (χ0v) is 9.93. The largest absolute Gasteiger partial charge is 0.508 e. The van der Waals surface area contributed by atoms with Gasteiger partial charge in [0.05, 0.1) is 6.04 Å². The van der Waals surface area contributed by atoms with Crippen molar-refractivity contribution < 1.29 is 14.6 Å². The smallest absolute Gasteiger partial charge is 0.171 e. The molecule has 0 saturated heterocycles. The quantitative estimate of drug-likeness (QED) is 0.720. The average Bonchev–Trinajstić information content (AvgIpc) is 2.28. The van der Waals surface area contributed by atoms with E-state index in [-0.39, 0.29) is 18.1 Å². The van der Waals surface area contributed by atoms with Crippen LogP contribution in [0.5, 0.6) is 5.75 Å². The minimum atomic E-state index is -0.266. The van der Waals surface area contributed by atoms with Gasteiger partial charge < -0.3 is 19.9 Å². The molecular formula is C12H19NO3. The van der Waals surface area contributed by atoms with Crippen LogP contribution in [0.4, 0.5) is 0 Å². The second-order valence-electron chi connectivity index (χ2n) is 3.68. The number of nitrogens with one attached hydrogen (secondary N) is 1. The summed E-state index contributed by atoms with van der Waals surface area (Å²) in [4.78, 5) is 0. The van der Waals surface area contributed by atoms with Crippen LogP contribution in [0.25, 0.3) is 0 Å². The summed E-state index contributed by atoms with van der Waals surface area (Å²) in [6.07, 6.45) is -0.266. The van der Waals surface area contributed by atoms with Crippen molar-refractivity contribution in [1.82, 2.24) is 5.32 Å². The Morgan fingerprint density at radius 2 is 2.00 bits per heavy atom. The molecule has 1 atom stereocenters. The normalized spacial score (nSPS) is 13.0. The van der Waals surface area contributed by atoms with Crippen LogP contribution in [0.2, 0.25) is 0 Å². The van der Waals surface area contributed by atoms with Gasteiger partial charge in [-0.1, -0.05) is 12.1 Å². The SMILES string of the molecule is COC(OC)C(C)NCc1cccc(O)c1. The van der Waals surface area contributed by atoms with E-state index in [1.165, 1.54) is 0 Å². The average molecular weight is 225 g/mol. The summed E-state index contributed by atoms with van der Waals surface area (Å²) in [5, 5.41) is 12.6. The summed E-state index contributed by atoms with van der Waals surface area (Å²) in [5.74, 6) is 0.280. The van der Waals surface area contributed by atoms with Gasteiger partial charge in [-0.3, -0.25) is 0 Å². The van der Waals surface area contributed by atoms with Crippen molar-refractivity contribution in [2.75, 3.05) is 14.2 Å². The molecule has 4 heteroatoms. The van der Waals surface area contributed by atoms with E-state index in [4.69, 9.17) is 9.47 Å². The molecule has 1 unspecified atom stereocenters. The molecule has 0 bridgehead atoms. The lowest BCUT2D eigenvalue weighted by molar-refractivity contribution is -0.119. The van der Waals surface area contributed by atoms with Crippen LogP contribution < -0.4 is 5.32 Å². The molecule has 0 spiro atoms. The van der Waals surface area contributed by atoms with E-state index < -0.39 is 0 Å². The molecule has 0 aliphatic heterocycles. The topological polar surface area (TPSA) is 50.7 Å². The maximum atomic E-state index is 9.30. The third-order valence-electron chi connectivity index (χ3n) is 2.41. The lowest BCUT2D eigenvalue weighted by atomic mass is 10.2. The molecule has 1 rings (SSSR count). The van der Waals surface area contributed by atoms with Gasteiger partial charge in [-0.05, 0) is 24.6 Å². The maximum Gasteiger partial charge on any atom is 0.171 e. The van der Waals surface area contributed by atoms with Gasteiger partial charge in [-0.2, -0.15) is 0 Å². The molecule has 0 aromatic heterocycles. The Balaban J connectivity index is 2.45. The summed E-state index contributed by atoms with van der Waals surface area (Å²) >= 11 is 0. The van der Waals surface area contributed by atoms with Gasteiger partial charge in [0.25, 0.3) is 0 Å². The van der Waals surface area contributed by atoms with Crippen LogP contribution >= 0.6 is 0 Å². The number of phenolic OH excluding ortho intramolecular Hbond substituents is 1. The van der Waals surface area contributed by atoms with Gasteiger partial charge in [-0.25, -0.2) is 0 Å². The van der Waals surface area contributed by atoms with Crippen molar-refractivity contribution >= 4 is 0 Å². The molecule has 90 valence electrons. The highest BCUT2D eigenvalue weighted by Crippen LogP contribution is 2.11. The van der Waals surface area contributed by atoms with E-state index in [1.54, 1.807) is 26.4 Å². The fraction of sp³-hybridized carbons (Fsp3) is 0.500. The Morgan fingerprint density at radius 1 is 1.31 bits per heavy atom. The van der Waals surface area contributed by atoms with Crippen molar-refractivity contribution in [2.45, 2.75) is 25.8 Å². The first-order valence-corrected chi connectivity index (χ1v) is 5.24. The molecule has 1 aromatic carbocycles. The summed E-state index contributed by atoms with van der Waals surface area (Å²) in [6.45, 7) is 2.65. The lowest BCUT2D eigenvalue weighted by Gasteiger charge is -2.22. The predicted octanol–water partition coefficient (Wildman–Crippen LogP) is 1.49. The first-order valence-electron chi connectivity index (χ1n) is 5.24. The number of benzene rings is 1. The lowest BCUT2D eigenvalue weighted by Crippen LogP contribution is -2.39. The third kappa shape index (κ3) is 3.81. The van der Waals surface area contributed by atoms with Gasteiger partial charge in [0.2, 0.25) is 0 Å². The molecule has 0 amide bonds. The van der Waals surface area contributed by atoms with Gasteiger partial charge in [0.15, 0.2) is 6.29 Å². The Bertz CT molecular complexity index is 313. The van der Waals surface area contributed by atoms with Crippen LogP contribution in [-0.4, -0.2) is 31.7 Å². The highest BCUT2D eigenvalue weighted by Gasteiger charge is 2.14. The highest BCUT2D eigenvalue weighted by atomic mass is 16.7. The zero-order chi connectivity index (χ0) is 12.0. The van der Waals surface area contributed by atoms with Crippen LogP contribution in [0.15, 0.2) is 24.3 Å². The Hall–Kier alpha value is -1.10. The number of rotatable bonds is 6. The van der Waals surface area contributed by atoms with Gasteiger partial charge in [-0.15, -0.1) is 0 Å². The van der Waals surface area contributed by atoms with E-state index in [0.29, 0.717) is 6.54 Å². The summed E-state index contributed by atoms with van der Waals surface area (Å²) < 4.78 is 10.3. The minimum Gasteiger partial charge on any atom is -0.508 e. The van der Waals surface area contributed by atoms with Crippen molar-refractivity contribution in [3.05, 3.63) is 29.8 Å². The second-order valence-corrected chi connectivity index (χ2v) is 3.68. The van der Waals surface area contributed by atoms with Crippen molar-refractivity contribution in [2.24, 2.45) is 0 Å². The standard InChI is InChI=1S/C12H19NO3/c1-9(12(15-2)16-3)13-8-10-5-4-6-11(14)7-10/h4-7,9,12-14H,8H2,1-3H3. The molecule has 0 aliphatic carbocycles. The van der Waals surface area contributed by atoms with E-state index in [9.17, 15) is 5.11 Å². The molecule has 0 saturated carbocycles. The Labute approximate surface area is 96.2 Å². The van der Waals surface area contributed by atoms with E-state index in [2.05, 4.69) is 5.32 Å². The first kappa shape index (κ1) is 13.0.